The molecule has 4 aromatic rings. The Morgan fingerprint density at radius 3 is 2.72 bits per heavy atom. The van der Waals surface area contributed by atoms with E-state index in [0.29, 0.717) is 5.56 Å². The van der Waals surface area contributed by atoms with E-state index < -0.39 is 0 Å². The van der Waals surface area contributed by atoms with Crippen molar-refractivity contribution in [3.63, 3.8) is 0 Å². The van der Waals surface area contributed by atoms with E-state index in [9.17, 15) is 4.79 Å². The van der Waals surface area contributed by atoms with Crippen molar-refractivity contribution in [2.24, 2.45) is 0 Å². The van der Waals surface area contributed by atoms with Crippen LogP contribution in [0.3, 0.4) is 0 Å². The number of carbonyl (C=O) groups is 1. The van der Waals surface area contributed by atoms with Crippen LogP contribution in [0.25, 0.3) is 16.2 Å². The minimum atomic E-state index is -0.211. The van der Waals surface area contributed by atoms with Crippen molar-refractivity contribution in [3.05, 3.63) is 60.4 Å². The van der Waals surface area contributed by atoms with Crippen molar-refractivity contribution in [1.82, 2.24) is 24.9 Å². The molecule has 0 aliphatic carbocycles. The lowest BCUT2D eigenvalue weighted by molar-refractivity contribution is 0.0945. The fourth-order valence-corrected chi connectivity index (χ4v) is 3.87. The van der Waals surface area contributed by atoms with Crippen LogP contribution in [0.2, 0.25) is 0 Å². The van der Waals surface area contributed by atoms with Crippen LogP contribution in [0.15, 0.2) is 54.9 Å². The molecule has 0 fully saturated rings. The summed E-state index contributed by atoms with van der Waals surface area (Å²) in [7, 11) is 0. The number of aromatic nitrogens is 4. The zero-order valence-corrected chi connectivity index (χ0v) is 16.6. The van der Waals surface area contributed by atoms with Crippen molar-refractivity contribution in [1.29, 1.82) is 0 Å². The van der Waals surface area contributed by atoms with E-state index >= 15 is 0 Å². The molecule has 0 saturated carbocycles. The molecule has 9 heteroatoms. The molecule has 8 nitrogen and oxygen atoms in total. The van der Waals surface area contributed by atoms with Crippen LogP contribution >= 0.6 is 11.3 Å². The zero-order chi connectivity index (χ0) is 20.2. The Morgan fingerprint density at radius 2 is 2.07 bits per heavy atom. The number of hydrogen-bond donors (Lipinski definition) is 2. The van der Waals surface area contributed by atoms with Crippen molar-refractivity contribution in [3.8, 4) is 11.3 Å². The first-order chi connectivity index (χ1) is 14.2. The highest BCUT2D eigenvalue weighted by molar-refractivity contribution is 7.20. The Kier molecular flexibility index (Phi) is 5.50. The van der Waals surface area contributed by atoms with Gasteiger partial charge in [-0.2, -0.15) is 0 Å². The Bertz CT molecular complexity index is 1080. The smallest absolute Gasteiger partial charge is 0.251 e. The van der Waals surface area contributed by atoms with E-state index in [1.165, 1.54) is 11.3 Å². The number of benzene rings is 1. The monoisotopic (exact) mass is 408 g/mol. The van der Waals surface area contributed by atoms with Crippen LogP contribution in [0.1, 0.15) is 17.3 Å². The number of nitrogens with zero attached hydrogens (tertiary/aromatic N) is 5. The number of carbonyl (C=O) groups excluding carboxylic acids is 1. The molecule has 0 saturated heterocycles. The number of pyridine rings is 1. The molecule has 0 radical (unpaired) electrons. The Hall–Kier alpha value is -3.30. The van der Waals surface area contributed by atoms with Crippen LogP contribution in [-0.4, -0.2) is 50.3 Å². The van der Waals surface area contributed by atoms with E-state index in [2.05, 4.69) is 27.3 Å². The summed E-state index contributed by atoms with van der Waals surface area (Å²) in [5.41, 5.74) is 2.23. The average molecular weight is 408 g/mol. The second kappa shape index (κ2) is 8.38. The number of fused-ring (bicyclic) bond motifs is 1. The largest absolute Gasteiger partial charge is 0.395 e. The molecular formula is C20H20N6O2S. The third kappa shape index (κ3) is 3.96. The first-order valence-corrected chi connectivity index (χ1v) is 10.1. The Balaban J connectivity index is 1.56. The predicted octanol–water partition coefficient (Wildman–Crippen LogP) is 2.73. The lowest BCUT2D eigenvalue weighted by Gasteiger charge is -2.17. The van der Waals surface area contributed by atoms with Crippen molar-refractivity contribution in [2.75, 3.05) is 24.6 Å². The summed E-state index contributed by atoms with van der Waals surface area (Å²) in [6.45, 7) is 2.96. The van der Waals surface area contributed by atoms with Crippen LogP contribution in [0.4, 0.5) is 10.9 Å². The van der Waals surface area contributed by atoms with E-state index in [1.807, 2.05) is 41.4 Å². The van der Waals surface area contributed by atoms with Gasteiger partial charge in [-0.05, 0) is 31.2 Å². The Morgan fingerprint density at radius 1 is 1.24 bits per heavy atom. The molecule has 0 aliphatic rings. The molecule has 2 N–H and O–H groups in total. The number of aliphatic hydroxyl groups is 1. The molecule has 0 aliphatic heterocycles. The van der Waals surface area contributed by atoms with Gasteiger partial charge >= 0.3 is 0 Å². The maximum absolute atomic E-state index is 11.9. The summed E-state index contributed by atoms with van der Waals surface area (Å²) in [6, 6.07) is 13.0. The van der Waals surface area contributed by atoms with Crippen LogP contribution in [0.5, 0.6) is 0 Å². The van der Waals surface area contributed by atoms with E-state index in [4.69, 9.17) is 5.11 Å². The minimum absolute atomic E-state index is 0.0833. The summed E-state index contributed by atoms with van der Waals surface area (Å²) in [4.78, 5) is 23.8. The number of nitrogens with one attached hydrogen (secondary N) is 1. The number of hydrogen-bond acceptors (Lipinski definition) is 7. The predicted molar refractivity (Wildman–Crippen MR) is 113 cm³/mol. The molecule has 0 bridgehead atoms. The molecular weight excluding hydrogens is 388 g/mol. The molecule has 0 atom stereocenters. The molecule has 0 spiro atoms. The van der Waals surface area contributed by atoms with Gasteiger partial charge in [-0.25, -0.2) is 14.5 Å². The van der Waals surface area contributed by atoms with Gasteiger partial charge < -0.3 is 15.3 Å². The van der Waals surface area contributed by atoms with Gasteiger partial charge in [0.1, 0.15) is 5.82 Å². The highest BCUT2D eigenvalue weighted by Crippen LogP contribution is 2.30. The van der Waals surface area contributed by atoms with E-state index in [1.54, 1.807) is 22.8 Å². The van der Waals surface area contributed by atoms with Gasteiger partial charge in [0, 0.05) is 30.4 Å². The van der Waals surface area contributed by atoms with Gasteiger partial charge in [0.2, 0.25) is 10.1 Å². The lowest BCUT2D eigenvalue weighted by atomic mass is 10.1. The molecule has 1 aromatic carbocycles. The number of amides is 1. The van der Waals surface area contributed by atoms with Crippen LogP contribution < -0.4 is 10.2 Å². The average Bonchev–Trinajstić information content (AvgIpc) is 3.33. The topological polar surface area (TPSA) is 95.7 Å². The highest BCUT2D eigenvalue weighted by Gasteiger charge is 2.16. The molecule has 29 heavy (non-hydrogen) atoms. The fraction of sp³-hybridized carbons (Fsp3) is 0.200. The van der Waals surface area contributed by atoms with E-state index in [-0.39, 0.29) is 19.1 Å². The maximum Gasteiger partial charge on any atom is 0.251 e. The first-order valence-electron chi connectivity index (χ1n) is 9.24. The summed E-state index contributed by atoms with van der Waals surface area (Å²) in [6.07, 6.45) is 3.64. The van der Waals surface area contributed by atoms with Gasteiger partial charge in [0.15, 0.2) is 0 Å². The lowest BCUT2D eigenvalue weighted by Crippen LogP contribution is -2.26. The third-order valence-corrected chi connectivity index (χ3v) is 5.29. The van der Waals surface area contributed by atoms with Crippen molar-refractivity contribution >= 4 is 33.2 Å². The van der Waals surface area contributed by atoms with Crippen LogP contribution in [-0.2, 0) is 0 Å². The molecule has 0 unspecified atom stereocenters. The molecule has 148 valence electrons. The first kappa shape index (κ1) is 19.0. The van der Waals surface area contributed by atoms with Crippen molar-refractivity contribution in [2.45, 2.75) is 6.92 Å². The Labute approximate surface area is 171 Å². The third-order valence-electron chi connectivity index (χ3n) is 4.35. The molecule has 3 aromatic heterocycles. The van der Waals surface area contributed by atoms with Gasteiger partial charge in [0.25, 0.3) is 5.91 Å². The highest BCUT2D eigenvalue weighted by atomic mass is 32.1. The summed E-state index contributed by atoms with van der Waals surface area (Å²) in [5, 5.41) is 16.9. The van der Waals surface area contributed by atoms with E-state index in [0.717, 1.165) is 33.7 Å². The van der Waals surface area contributed by atoms with Gasteiger partial charge in [0.05, 0.1) is 18.5 Å². The summed E-state index contributed by atoms with van der Waals surface area (Å²) >= 11 is 1.50. The second-order valence-corrected chi connectivity index (χ2v) is 7.16. The quantitative estimate of drug-likeness (QED) is 0.488. The molecule has 4 rings (SSSR count). The standard InChI is InChI=1S/C20H20N6O2S/c1-2-25(17-5-3-4-10-21-17)20-24-26-13-16(23-19(26)29-20)14-6-8-15(9-7-14)18(28)22-11-12-27/h3-10,13,27H,2,11-12H2,1H3,(H,22,28). The van der Waals surface area contributed by atoms with Crippen molar-refractivity contribution < 1.29 is 9.90 Å². The maximum atomic E-state index is 11.9. The SMILES string of the molecule is CCN(c1ccccn1)c1nn2cc(-c3ccc(C(=O)NCCO)cc3)nc2s1. The van der Waals surface area contributed by atoms with Crippen LogP contribution in [0, 0.1) is 0 Å². The second-order valence-electron chi connectivity index (χ2n) is 6.23. The normalized spacial score (nSPS) is 11.0. The minimum Gasteiger partial charge on any atom is -0.395 e. The van der Waals surface area contributed by atoms with Gasteiger partial charge in [-0.3, -0.25) is 4.79 Å². The fourth-order valence-electron chi connectivity index (χ4n) is 2.91. The van der Waals surface area contributed by atoms with Gasteiger partial charge in [-0.1, -0.05) is 29.5 Å². The summed E-state index contributed by atoms with van der Waals surface area (Å²) in [5.74, 6) is 0.638. The van der Waals surface area contributed by atoms with Gasteiger partial charge in [-0.15, -0.1) is 5.10 Å². The molecule has 1 amide bonds. The number of rotatable bonds is 7. The number of anilines is 2. The summed E-state index contributed by atoms with van der Waals surface area (Å²) < 4.78 is 1.77. The molecule has 3 heterocycles. The number of aliphatic hydroxyl groups excluding tert-OH is 1. The zero-order valence-electron chi connectivity index (χ0n) is 15.8. The number of imidazole rings is 1.